The van der Waals surface area contributed by atoms with E-state index in [0.29, 0.717) is 23.6 Å². The molecule has 2 heterocycles. The van der Waals surface area contributed by atoms with Crippen molar-refractivity contribution in [1.29, 1.82) is 5.26 Å². The molecule has 0 aliphatic carbocycles. The molecule has 8 heteroatoms. The summed E-state index contributed by atoms with van der Waals surface area (Å²) in [5.74, 6) is 0.336. The summed E-state index contributed by atoms with van der Waals surface area (Å²) in [7, 11) is -0.686. The van der Waals surface area contributed by atoms with Crippen molar-refractivity contribution < 1.29 is 4.43 Å². The van der Waals surface area contributed by atoms with E-state index in [9.17, 15) is 5.26 Å². The van der Waals surface area contributed by atoms with Crippen LogP contribution < -0.4 is 5.73 Å². The molecule has 2 aromatic heterocycles. The fourth-order valence-corrected chi connectivity index (χ4v) is 3.41. The lowest BCUT2D eigenvalue weighted by Gasteiger charge is -2.16. The lowest BCUT2D eigenvalue weighted by molar-refractivity contribution is 0.308. The van der Waals surface area contributed by atoms with Crippen LogP contribution in [-0.4, -0.2) is 24.4 Å². The van der Waals surface area contributed by atoms with Gasteiger partial charge in [0.05, 0.1) is 11.1 Å². The van der Waals surface area contributed by atoms with Crippen LogP contribution in [0.25, 0.3) is 5.52 Å². The number of nitrogens with two attached hydrogens (primary N) is 1. The van der Waals surface area contributed by atoms with Crippen LogP contribution >= 0.6 is 15.9 Å². The molecule has 0 unspecified atom stereocenters. The molecule has 20 heavy (non-hydrogen) atoms. The molecule has 0 amide bonds. The van der Waals surface area contributed by atoms with Crippen LogP contribution in [0.15, 0.2) is 10.8 Å². The third kappa shape index (κ3) is 2.84. The predicted molar refractivity (Wildman–Crippen MR) is 82.9 cm³/mol. The summed E-state index contributed by atoms with van der Waals surface area (Å²) < 4.78 is 8.07. The second kappa shape index (κ2) is 5.52. The summed E-state index contributed by atoms with van der Waals surface area (Å²) in [5, 5.41) is 13.6. The Labute approximate surface area is 128 Å². The fraction of sp³-hybridized carbons (Fsp3) is 0.417. The minimum absolute atomic E-state index is 0.206. The van der Waals surface area contributed by atoms with E-state index in [0.717, 1.165) is 10.0 Å². The maximum atomic E-state index is 9.34. The number of rotatable bonds is 3. The predicted octanol–water partition coefficient (Wildman–Crippen LogP) is 1.76. The van der Waals surface area contributed by atoms with Crippen LogP contribution in [0.2, 0.25) is 5.04 Å². The third-order valence-electron chi connectivity index (χ3n) is 2.68. The Morgan fingerprint density at radius 3 is 2.85 bits per heavy atom. The zero-order valence-corrected chi connectivity index (χ0v) is 14.6. The molecular weight excluding hydrogens is 338 g/mol. The van der Waals surface area contributed by atoms with E-state index >= 15 is 0 Å². The van der Waals surface area contributed by atoms with Crippen LogP contribution in [-0.2, 0) is 11.0 Å². The van der Waals surface area contributed by atoms with Gasteiger partial charge >= 0.3 is 0 Å². The molecule has 0 bridgehead atoms. The van der Waals surface area contributed by atoms with Gasteiger partial charge in [0.1, 0.15) is 23.6 Å². The van der Waals surface area contributed by atoms with Gasteiger partial charge in [-0.3, -0.25) is 0 Å². The third-order valence-corrected chi connectivity index (χ3v) is 4.80. The highest BCUT2D eigenvalue weighted by atomic mass is 79.9. The van der Waals surface area contributed by atoms with E-state index in [2.05, 4.69) is 52.9 Å². The van der Waals surface area contributed by atoms with Crippen molar-refractivity contribution in [3.8, 4) is 6.07 Å². The number of aromatic nitrogens is 3. The highest BCUT2D eigenvalue weighted by Gasteiger charge is 2.20. The van der Waals surface area contributed by atoms with E-state index in [-0.39, 0.29) is 5.04 Å². The highest BCUT2D eigenvalue weighted by Crippen LogP contribution is 2.31. The molecule has 0 radical (unpaired) electrons. The van der Waals surface area contributed by atoms with Gasteiger partial charge in [-0.05, 0) is 21.0 Å². The number of hydrogen-bond donors (Lipinski definition) is 1. The van der Waals surface area contributed by atoms with Gasteiger partial charge in [-0.25, -0.2) is 9.50 Å². The van der Waals surface area contributed by atoms with Gasteiger partial charge in [-0.15, -0.1) is 0 Å². The molecule has 106 valence electrons. The molecule has 2 aromatic rings. The minimum Gasteiger partial charge on any atom is -0.419 e. The summed E-state index contributed by atoms with van der Waals surface area (Å²) in [5.41, 5.74) is 7.67. The number of anilines is 1. The van der Waals surface area contributed by atoms with E-state index in [4.69, 9.17) is 10.2 Å². The van der Waals surface area contributed by atoms with Crippen molar-refractivity contribution in [1.82, 2.24) is 14.6 Å². The molecule has 0 fully saturated rings. The zero-order chi connectivity index (χ0) is 14.9. The number of nitriles is 1. The Morgan fingerprint density at radius 2 is 2.25 bits per heavy atom. The van der Waals surface area contributed by atoms with Gasteiger partial charge < -0.3 is 10.2 Å². The number of halogens is 1. The van der Waals surface area contributed by atoms with Crippen LogP contribution in [0, 0.1) is 11.3 Å². The van der Waals surface area contributed by atoms with Crippen LogP contribution in [0.5, 0.6) is 0 Å². The molecule has 2 rings (SSSR count). The second-order valence-electron chi connectivity index (χ2n) is 5.71. The van der Waals surface area contributed by atoms with E-state index in [1.165, 1.54) is 10.8 Å². The van der Waals surface area contributed by atoms with Gasteiger partial charge in [0.25, 0.3) is 0 Å². The van der Waals surface area contributed by atoms with Gasteiger partial charge in [0.15, 0.2) is 15.6 Å². The Morgan fingerprint density at radius 1 is 1.55 bits per heavy atom. The molecule has 0 spiro atoms. The molecule has 2 N–H and O–H groups in total. The van der Waals surface area contributed by atoms with Gasteiger partial charge in [-0.2, -0.15) is 10.4 Å². The number of hydrogen-bond acceptors (Lipinski definition) is 5. The largest absolute Gasteiger partial charge is 0.419 e. The Hall–Kier alpha value is -1.43. The van der Waals surface area contributed by atoms with Crippen molar-refractivity contribution in [3.05, 3.63) is 22.1 Å². The normalized spacial score (nSPS) is 12.3. The topological polar surface area (TPSA) is 89.2 Å². The summed E-state index contributed by atoms with van der Waals surface area (Å²) >= 11 is 3.48. The van der Waals surface area contributed by atoms with Crippen molar-refractivity contribution >= 4 is 37.0 Å². The SMILES string of the molecule is CC(C)(C)[SiH2]OCc1c(Br)c2c(N)ncnn2c1C#N. The maximum absolute atomic E-state index is 9.34. The summed E-state index contributed by atoms with van der Waals surface area (Å²) in [4.78, 5) is 3.95. The first-order valence-electron chi connectivity index (χ1n) is 6.12. The van der Waals surface area contributed by atoms with Crippen molar-refractivity contribution in [2.45, 2.75) is 32.4 Å². The van der Waals surface area contributed by atoms with E-state index < -0.39 is 9.76 Å². The standard InChI is InChI=1S/C12H16BrN5OSi/c1-12(2,3)20-19-5-7-8(4-14)18-10(9(7)13)11(15)16-6-17-18/h6H,5,20H2,1-3H3,(H2,15,16,17). The summed E-state index contributed by atoms with van der Waals surface area (Å²) in [6.45, 7) is 6.84. The first-order chi connectivity index (χ1) is 9.35. The van der Waals surface area contributed by atoms with Crippen LogP contribution in [0.3, 0.4) is 0 Å². The highest BCUT2D eigenvalue weighted by molar-refractivity contribution is 9.10. The monoisotopic (exact) mass is 353 g/mol. The van der Waals surface area contributed by atoms with Gasteiger partial charge in [0.2, 0.25) is 0 Å². The molecule has 0 aliphatic heterocycles. The Bertz CT molecular complexity index is 686. The Balaban J connectivity index is 2.41. The number of fused-ring (bicyclic) bond motifs is 1. The molecule has 6 nitrogen and oxygen atoms in total. The lowest BCUT2D eigenvalue weighted by Crippen LogP contribution is -2.12. The first kappa shape index (κ1) is 15.0. The lowest BCUT2D eigenvalue weighted by atomic mass is 10.2. The smallest absolute Gasteiger partial charge is 0.167 e. The Kier molecular flexibility index (Phi) is 4.13. The molecule has 0 saturated carbocycles. The maximum Gasteiger partial charge on any atom is 0.167 e. The van der Waals surface area contributed by atoms with Crippen LogP contribution in [0.1, 0.15) is 32.0 Å². The summed E-state index contributed by atoms with van der Waals surface area (Å²) in [6.07, 6.45) is 1.34. The van der Waals surface area contributed by atoms with Crippen LogP contribution in [0.4, 0.5) is 5.82 Å². The van der Waals surface area contributed by atoms with E-state index in [1.807, 2.05) is 0 Å². The summed E-state index contributed by atoms with van der Waals surface area (Å²) in [6, 6.07) is 2.16. The molecule has 0 aliphatic rings. The van der Waals surface area contributed by atoms with Crippen molar-refractivity contribution in [3.63, 3.8) is 0 Å². The minimum atomic E-state index is -0.686. The molecule has 0 atom stereocenters. The first-order valence-corrected chi connectivity index (χ1v) is 8.20. The van der Waals surface area contributed by atoms with Crippen molar-refractivity contribution in [2.24, 2.45) is 0 Å². The fourth-order valence-electron chi connectivity index (χ4n) is 1.82. The molecular formula is C12H16BrN5OSi. The van der Waals surface area contributed by atoms with E-state index in [1.54, 1.807) is 0 Å². The average molecular weight is 354 g/mol. The molecule has 0 aromatic carbocycles. The second-order valence-corrected chi connectivity index (χ2v) is 9.32. The average Bonchev–Trinajstić information content (AvgIpc) is 2.62. The molecule has 0 saturated heterocycles. The van der Waals surface area contributed by atoms with Gasteiger partial charge in [-0.1, -0.05) is 20.8 Å². The number of nitrogen functional groups attached to an aromatic ring is 1. The zero-order valence-electron chi connectivity index (χ0n) is 11.6. The number of nitrogens with zero attached hydrogens (tertiary/aromatic N) is 4. The quantitative estimate of drug-likeness (QED) is 0.849. The van der Waals surface area contributed by atoms with Gasteiger partial charge in [0, 0.05) is 5.56 Å². The van der Waals surface area contributed by atoms with Crippen molar-refractivity contribution in [2.75, 3.05) is 5.73 Å².